The summed E-state index contributed by atoms with van der Waals surface area (Å²) in [5.41, 5.74) is 4.39. The zero-order valence-electron chi connectivity index (χ0n) is 21.4. The molecule has 9 nitrogen and oxygen atoms in total. The Balaban J connectivity index is 1.38. The Kier molecular flexibility index (Phi) is 6.95. The van der Waals surface area contributed by atoms with Crippen LogP contribution in [-0.2, 0) is 13.2 Å². The Hall–Kier alpha value is -5.38. The number of rotatable bonds is 9. The van der Waals surface area contributed by atoms with Gasteiger partial charge in [0.1, 0.15) is 35.8 Å². The lowest BCUT2D eigenvalue weighted by atomic mass is 10.2. The molecule has 0 aliphatic carbocycles. The first kappa shape index (κ1) is 24.9. The summed E-state index contributed by atoms with van der Waals surface area (Å²) in [7, 11) is 1.62. The molecule has 0 bridgehead atoms. The fourth-order valence-corrected chi connectivity index (χ4v) is 4.16. The zero-order valence-corrected chi connectivity index (χ0v) is 21.4. The second-order valence-corrected chi connectivity index (χ2v) is 8.81. The number of ether oxygens (including phenoxy) is 2. The van der Waals surface area contributed by atoms with Crippen LogP contribution < -0.4 is 9.47 Å². The van der Waals surface area contributed by atoms with E-state index in [4.69, 9.17) is 24.1 Å². The van der Waals surface area contributed by atoms with Gasteiger partial charge in [-0.25, -0.2) is 9.37 Å². The van der Waals surface area contributed by atoms with Crippen LogP contribution >= 0.6 is 0 Å². The Labute approximate surface area is 228 Å². The van der Waals surface area contributed by atoms with Crippen molar-refractivity contribution in [3.05, 3.63) is 114 Å². The number of methoxy groups -OCH3 is 1. The second-order valence-electron chi connectivity index (χ2n) is 8.81. The minimum Gasteiger partial charge on any atom is -0.497 e. The third kappa shape index (κ3) is 5.28. The monoisotopic (exact) mass is 534 g/mol. The number of benzene rings is 2. The van der Waals surface area contributed by atoms with Crippen molar-refractivity contribution < 1.29 is 18.4 Å². The summed E-state index contributed by atoms with van der Waals surface area (Å²) in [5.74, 6) is 1.12. The molecule has 0 spiro atoms. The molecular weight excluding hydrogens is 511 g/mol. The highest BCUT2D eigenvalue weighted by molar-refractivity contribution is 5.67. The fourth-order valence-electron chi connectivity index (χ4n) is 4.16. The third-order valence-electron chi connectivity index (χ3n) is 6.22. The molecule has 0 atom stereocenters. The van der Waals surface area contributed by atoms with Crippen LogP contribution in [0.5, 0.6) is 11.6 Å². The molecule has 4 aromatic heterocycles. The van der Waals surface area contributed by atoms with Crippen molar-refractivity contribution in [1.82, 2.24) is 29.9 Å². The summed E-state index contributed by atoms with van der Waals surface area (Å²) in [5, 5.41) is 8.76. The van der Waals surface area contributed by atoms with Crippen LogP contribution in [0.1, 0.15) is 11.1 Å². The van der Waals surface area contributed by atoms with Crippen molar-refractivity contribution in [2.45, 2.75) is 13.2 Å². The van der Waals surface area contributed by atoms with E-state index in [1.807, 2.05) is 42.5 Å². The van der Waals surface area contributed by atoms with Crippen LogP contribution in [-0.4, -0.2) is 37.0 Å². The highest BCUT2D eigenvalue weighted by Crippen LogP contribution is 2.31. The number of pyridine rings is 1. The maximum absolute atomic E-state index is 14.5. The summed E-state index contributed by atoms with van der Waals surface area (Å²) in [6.45, 7) is 0.452. The van der Waals surface area contributed by atoms with E-state index in [-0.39, 0.29) is 19.0 Å². The maximum atomic E-state index is 14.5. The fraction of sp³-hybridized carbons (Fsp3) is 0.100. The first-order chi connectivity index (χ1) is 19.7. The Morgan fingerprint density at radius 1 is 0.900 bits per heavy atom. The topological polar surface area (TPSA) is 101 Å². The molecule has 2 aromatic carbocycles. The second kappa shape index (κ2) is 11.2. The average molecular weight is 535 g/mol. The van der Waals surface area contributed by atoms with Gasteiger partial charge in [-0.05, 0) is 42.0 Å². The first-order valence-electron chi connectivity index (χ1n) is 12.4. The molecule has 0 aliphatic rings. The molecule has 0 N–H and O–H groups in total. The summed E-state index contributed by atoms with van der Waals surface area (Å²) in [6.07, 6.45) is 4.84. The van der Waals surface area contributed by atoms with E-state index >= 15 is 0 Å². The molecule has 40 heavy (non-hydrogen) atoms. The normalized spacial score (nSPS) is 10.9. The summed E-state index contributed by atoms with van der Waals surface area (Å²) in [4.78, 5) is 13.8. The van der Waals surface area contributed by atoms with Crippen LogP contribution in [0.25, 0.3) is 34.2 Å². The molecule has 0 radical (unpaired) electrons. The lowest BCUT2D eigenvalue weighted by molar-refractivity contribution is 0.295. The number of nitrogens with zero attached hydrogens (tertiary/aromatic N) is 6. The lowest BCUT2D eigenvalue weighted by Gasteiger charge is -2.11. The van der Waals surface area contributed by atoms with Crippen LogP contribution in [0.4, 0.5) is 4.39 Å². The summed E-state index contributed by atoms with van der Waals surface area (Å²) < 4.78 is 32.6. The van der Waals surface area contributed by atoms with E-state index in [1.54, 1.807) is 54.5 Å². The van der Waals surface area contributed by atoms with Crippen molar-refractivity contribution >= 4 is 0 Å². The number of halogens is 1. The third-order valence-corrected chi connectivity index (χ3v) is 6.22. The minimum absolute atomic E-state index is 0.182. The highest BCUT2D eigenvalue weighted by atomic mass is 19.1. The number of hydrogen-bond donors (Lipinski definition) is 0. The summed E-state index contributed by atoms with van der Waals surface area (Å²) in [6, 6.07) is 23.3. The van der Waals surface area contributed by atoms with Gasteiger partial charge < -0.3 is 14.0 Å². The predicted octanol–water partition coefficient (Wildman–Crippen LogP) is 5.83. The van der Waals surface area contributed by atoms with Gasteiger partial charge in [0.15, 0.2) is 5.82 Å². The lowest BCUT2D eigenvalue weighted by Crippen LogP contribution is -2.06. The highest BCUT2D eigenvalue weighted by Gasteiger charge is 2.19. The van der Waals surface area contributed by atoms with Gasteiger partial charge in [-0.2, -0.15) is 10.1 Å². The van der Waals surface area contributed by atoms with Gasteiger partial charge in [-0.15, -0.1) is 0 Å². The molecule has 0 fully saturated rings. The van der Waals surface area contributed by atoms with E-state index < -0.39 is 0 Å². The van der Waals surface area contributed by atoms with E-state index in [2.05, 4.69) is 15.1 Å². The Morgan fingerprint density at radius 2 is 1.75 bits per heavy atom. The largest absolute Gasteiger partial charge is 0.497 e. The molecule has 10 heteroatoms. The van der Waals surface area contributed by atoms with Crippen molar-refractivity contribution in [3.8, 4) is 45.8 Å². The van der Waals surface area contributed by atoms with Crippen molar-refractivity contribution in [2.24, 2.45) is 0 Å². The standard InChI is InChI=1S/C30H23FN6O3/c1-38-22-11-9-20(10-12-22)19-39-30-23(25-8-4-5-14-32-25)17-33-29(34-30)27-16-28(26-13-15-40-36-26)37(35-27)18-21-6-2-3-7-24(21)31/h2-17H,18-19H2,1H3. The van der Waals surface area contributed by atoms with Gasteiger partial charge in [0.25, 0.3) is 0 Å². The predicted molar refractivity (Wildman–Crippen MR) is 145 cm³/mol. The number of hydrogen-bond acceptors (Lipinski definition) is 8. The smallest absolute Gasteiger partial charge is 0.227 e. The quantitative estimate of drug-likeness (QED) is 0.228. The SMILES string of the molecule is COc1ccc(COc2nc(-c3cc(-c4ccon4)n(Cc4ccccc4F)n3)ncc2-c2ccccn2)cc1. The van der Waals surface area contributed by atoms with Crippen LogP contribution in [0.15, 0.2) is 102 Å². The summed E-state index contributed by atoms with van der Waals surface area (Å²) >= 11 is 0. The maximum Gasteiger partial charge on any atom is 0.227 e. The molecule has 0 amide bonds. The molecule has 0 aliphatic heterocycles. The Morgan fingerprint density at radius 3 is 2.50 bits per heavy atom. The minimum atomic E-state index is -0.323. The first-order valence-corrected chi connectivity index (χ1v) is 12.4. The molecule has 6 rings (SSSR count). The van der Waals surface area contributed by atoms with E-state index in [9.17, 15) is 4.39 Å². The molecule has 0 saturated carbocycles. The molecule has 6 aromatic rings. The van der Waals surface area contributed by atoms with Crippen molar-refractivity contribution in [2.75, 3.05) is 7.11 Å². The van der Waals surface area contributed by atoms with E-state index in [1.165, 1.54) is 12.3 Å². The van der Waals surface area contributed by atoms with Gasteiger partial charge >= 0.3 is 0 Å². The van der Waals surface area contributed by atoms with E-state index in [0.29, 0.717) is 45.6 Å². The zero-order chi connectivity index (χ0) is 27.3. The van der Waals surface area contributed by atoms with Gasteiger partial charge in [0.05, 0.1) is 30.6 Å². The van der Waals surface area contributed by atoms with E-state index in [0.717, 1.165) is 11.3 Å². The average Bonchev–Trinajstić information content (AvgIpc) is 3.68. The van der Waals surface area contributed by atoms with Gasteiger partial charge in [0.2, 0.25) is 5.88 Å². The number of aromatic nitrogens is 6. The van der Waals surface area contributed by atoms with Crippen molar-refractivity contribution in [1.29, 1.82) is 0 Å². The Bertz CT molecular complexity index is 1720. The van der Waals surface area contributed by atoms with Gasteiger partial charge in [-0.1, -0.05) is 41.6 Å². The van der Waals surface area contributed by atoms with Crippen LogP contribution in [0.3, 0.4) is 0 Å². The van der Waals surface area contributed by atoms with Crippen LogP contribution in [0.2, 0.25) is 0 Å². The molecule has 4 heterocycles. The molecule has 0 unspecified atom stereocenters. The van der Waals surface area contributed by atoms with Gasteiger partial charge in [-0.3, -0.25) is 9.67 Å². The van der Waals surface area contributed by atoms with Gasteiger partial charge in [0, 0.05) is 24.0 Å². The molecule has 198 valence electrons. The van der Waals surface area contributed by atoms with Crippen molar-refractivity contribution in [3.63, 3.8) is 0 Å². The molecular formula is C30H23FN6O3. The molecule has 0 saturated heterocycles. The van der Waals surface area contributed by atoms with Crippen LogP contribution in [0, 0.1) is 5.82 Å².